The van der Waals surface area contributed by atoms with Gasteiger partial charge in [0.2, 0.25) is 17.6 Å². The number of nitrogens with two attached hydrogens (primary N) is 1. The first-order valence-electron chi connectivity index (χ1n) is 16.8. The van der Waals surface area contributed by atoms with Crippen LogP contribution < -0.4 is 16.4 Å². The Balaban J connectivity index is 1.48. The zero-order chi connectivity index (χ0) is 35.3. The molecule has 0 unspecified atom stereocenters. The highest BCUT2D eigenvalue weighted by Crippen LogP contribution is 2.34. The number of Topliss-reactive ketones (excluding diaryl/α,β-unsaturated/α-hetero) is 1. The van der Waals surface area contributed by atoms with Crippen molar-refractivity contribution in [2.24, 2.45) is 11.7 Å². The van der Waals surface area contributed by atoms with Crippen LogP contribution in [-0.4, -0.2) is 91.8 Å². The highest BCUT2D eigenvalue weighted by molar-refractivity contribution is 6.39. The number of primary amides is 1. The van der Waals surface area contributed by atoms with Gasteiger partial charge in [0.05, 0.1) is 29.6 Å². The number of nitrogens with zero attached hydrogens (tertiary/aromatic N) is 5. The minimum atomic E-state index is -1.59. The molecule has 0 bridgehead atoms. The van der Waals surface area contributed by atoms with Gasteiger partial charge in [0, 0.05) is 44.6 Å². The van der Waals surface area contributed by atoms with Gasteiger partial charge in [-0.1, -0.05) is 37.3 Å². The second-order valence-corrected chi connectivity index (χ2v) is 13.9. The lowest BCUT2D eigenvalue weighted by molar-refractivity contribution is -0.147. The number of aliphatic hydroxyl groups is 1. The molecule has 3 aliphatic rings. The van der Waals surface area contributed by atoms with Gasteiger partial charge in [-0.05, 0) is 50.5 Å². The van der Waals surface area contributed by atoms with Crippen LogP contribution in [0, 0.1) is 17.2 Å². The monoisotopic (exact) mass is 676 g/mol. The number of ether oxygens (including phenoxy) is 1. The van der Waals surface area contributed by atoms with Crippen molar-refractivity contribution in [2.45, 2.75) is 101 Å². The topological polar surface area (TPSA) is 223 Å². The first-order chi connectivity index (χ1) is 23.3. The van der Waals surface area contributed by atoms with Crippen LogP contribution in [0.25, 0.3) is 0 Å². The summed E-state index contributed by atoms with van der Waals surface area (Å²) in [6.45, 7) is 3.39. The zero-order valence-corrected chi connectivity index (χ0v) is 27.9. The third-order valence-electron chi connectivity index (χ3n) is 9.95. The number of carbonyl (C=O) groups is 5. The largest absolute Gasteiger partial charge is 0.384 e. The van der Waals surface area contributed by atoms with Crippen LogP contribution in [0.4, 0.5) is 0 Å². The number of ketones is 1. The molecule has 0 spiro atoms. The van der Waals surface area contributed by atoms with Crippen LogP contribution in [0.3, 0.4) is 0 Å². The summed E-state index contributed by atoms with van der Waals surface area (Å²) < 4.78 is 6.90. The van der Waals surface area contributed by atoms with Gasteiger partial charge >= 0.3 is 0 Å². The fourth-order valence-electron chi connectivity index (χ4n) is 7.23. The number of amides is 4. The fraction of sp³-hybridized carbons (Fsp3) is 0.588. The number of benzene rings is 1. The Bertz CT molecular complexity index is 1600. The van der Waals surface area contributed by atoms with E-state index in [0.717, 1.165) is 32.1 Å². The Morgan fingerprint density at radius 3 is 2.41 bits per heavy atom. The average molecular weight is 677 g/mol. The molecule has 2 saturated heterocycles. The van der Waals surface area contributed by atoms with E-state index >= 15 is 0 Å². The SMILES string of the molecule is CC(C)(O)c1cnnn1[C@H]1C[C@@H](C(=O)NC2(C(=O)C(N)=O)CCOCC2)N(C(=O)[C@@H](CC2CCCCC2)NC(=O)c2ccc(C#N)cc2)C1. The van der Waals surface area contributed by atoms with Crippen molar-refractivity contribution in [1.29, 1.82) is 5.26 Å². The summed E-state index contributed by atoms with van der Waals surface area (Å²) in [6, 6.07) is 5.39. The van der Waals surface area contributed by atoms with Gasteiger partial charge in [-0.2, -0.15) is 5.26 Å². The number of aromatic nitrogens is 3. The normalized spacial score (nSPS) is 21.7. The minimum absolute atomic E-state index is 0.00284. The first-order valence-corrected chi connectivity index (χ1v) is 16.8. The van der Waals surface area contributed by atoms with Gasteiger partial charge < -0.3 is 31.1 Å². The summed E-state index contributed by atoms with van der Waals surface area (Å²) in [5.41, 5.74) is 3.51. The summed E-state index contributed by atoms with van der Waals surface area (Å²) in [7, 11) is 0. The molecule has 15 heteroatoms. The highest BCUT2D eigenvalue weighted by Gasteiger charge is 2.49. The molecule has 262 valence electrons. The van der Waals surface area contributed by atoms with Gasteiger partial charge in [-0.3, -0.25) is 24.0 Å². The van der Waals surface area contributed by atoms with Gasteiger partial charge in [-0.25, -0.2) is 4.68 Å². The van der Waals surface area contributed by atoms with E-state index in [0.29, 0.717) is 17.7 Å². The predicted octanol–water partition coefficient (Wildman–Crippen LogP) is 1.01. The lowest BCUT2D eigenvalue weighted by atomic mass is 9.84. The van der Waals surface area contributed by atoms with Crippen molar-refractivity contribution in [1.82, 2.24) is 30.5 Å². The molecule has 1 aromatic carbocycles. The smallest absolute Gasteiger partial charge is 0.287 e. The third kappa shape index (κ3) is 7.97. The summed E-state index contributed by atoms with van der Waals surface area (Å²) >= 11 is 0. The Hall–Kier alpha value is -4.68. The van der Waals surface area contributed by atoms with E-state index in [-0.39, 0.29) is 50.5 Å². The molecule has 15 nitrogen and oxygen atoms in total. The second-order valence-electron chi connectivity index (χ2n) is 13.9. The summed E-state index contributed by atoms with van der Waals surface area (Å²) in [5.74, 6) is -3.60. The Labute approximate surface area is 284 Å². The molecule has 5 rings (SSSR count). The molecule has 3 atom stereocenters. The number of hydrogen-bond donors (Lipinski definition) is 4. The molecule has 3 heterocycles. The van der Waals surface area contributed by atoms with Crippen LogP contribution in [0.2, 0.25) is 0 Å². The lowest BCUT2D eigenvalue weighted by Crippen LogP contribution is -2.64. The number of nitrogens with one attached hydrogen (secondary N) is 2. The molecule has 4 amide bonds. The summed E-state index contributed by atoms with van der Waals surface area (Å²) in [5, 5.41) is 33.9. The Morgan fingerprint density at radius 1 is 1.12 bits per heavy atom. The van der Waals surface area contributed by atoms with Crippen molar-refractivity contribution < 1.29 is 33.8 Å². The van der Waals surface area contributed by atoms with Crippen molar-refractivity contribution in [3.8, 4) is 6.07 Å². The van der Waals surface area contributed by atoms with Crippen molar-refractivity contribution in [3.63, 3.8) is 0 Å². The molecule has 3 fully saturated rings. The van der Waals surface area contributed by atoms with Crippen LogP contribution in [0.1, 0.15) is 99.3 Å². The van der Waals surface area contributed by atoms with E-state index in [2.05, 4.69) is 20.9 Å². The zero-order valence-electron chi connectivity index (χ0n) is 27.9. The predicted molar refractivity (Wildman–Crippen MR) is 173 cm³/mol. The second kappa shape index (κ2) is 14.8. The lowest BCUT2D eigenvalue weighted by Gasteiger charge is -2.37. The maximum absolute atomic E-state index is 14.6. The number of hydrogen-bond acceptors (Lipinski definition) is 10. The quantitative estimate of drug-likeness (QED) is 0.247. The third-order valence-corrected chi connectivity index (χ3v) is 9.95. The maximum Gasteiger partial charge on any atom is 0.287 e. The van der Waals surface area contributed by atoms with Crippen LogP contribution in [0.15, 0.2) is 30.5 Å². The highest BCUT2D eigenvalue weighted by atomic mass is 16.5. The van der Waals surface area contributed by atoms with Gasteiger partial charge in [0.25, 0.3) is 11.8 Å². The van der Waals surface area contributed by atoms with Gasteiger partial charge in [0.15, 0.2) is 0 Å². The van der Waals surface area contributed by atoms with Crippen LogP contribution in [-0.2, 0) is 29.5 Å². The number of nitriles is 1. The minimum Gasteiger partial charge on any atom is -0.384 e. The number of likely N-dealkylation sites (tertiary alicyclic amines) is 1. The molecular formula is C34H44N8O7. The van der Waals surface area contributed by atoms with E-state index in [4.69, 9.17) is 10.5 Å². The maximum atomic E-state index is 14.6. The van der Waals surface area contributed by atoms with E-state index in [1.165, 1.54) is 40.0 Å². The van der Waals surface area contributed by atoms with Crippen LogP contribution >= 0.6 is 0 Å². The Morgan fingerprint density at radius 2 is 1.80 bits per heavy atom. The van der Waals surface area contributed by atoms with E-state index < -0.39 is 58.7 Å². The molecule has 1 aliphatic carbocycles. The van der Waals surface area contributed by atoms with Gasteiger partial charge in [0.1, 0.15) is 23.2 Å². The molecule has 0 radical (unpaired) electrons. The van der Waals surface area contributed by atoms with Crippen molar-refractivity contribution in [3.05, 3.63) is 47.3 Å². The molecule has 1 saturated carbocycles. The van der Waals surface area contributed by atoms with Crippen molar-refractivity contribution >= 4 is 29.4 Å². The Kier molecular flexibility index (Phi) is 10.8. The molecule has 1 aromatic heterocycles. The fourth-order valence-corrected chi connectivity index (χ4v) is 7.23. The summed E-state index contributed by atoms with van der Waals surface area (Å²) in [6.07, 6.45) is 6.82. The van der Waals surface area contributed by atoms with E-state index in [1.54, 1.807) is 13.8 Å². The standard InChI is InChI=1S/C34H44N8O7/c1-33(2,48)27-19-37-40-42(27)24-17-26(31(46)39-34(28(43)29(36)44)12-14-49-15-13-34)41(20-24)32(47)25(16-21-6-4-3-5-7-21)38-30(45)23-10-8-22(18-35)9-11-23/h8-11,19,21,24-26,48H,3-7,12-17,20H2,1-2H3,(H2,36,44)(H,38,45)(H,39,46)/t24-,25+,26-/m0/s1. The van der Waals surface area contributed by atoms with E-state index in [9.17, 15) is 34.3 Å². The molecule has 5 N–H and O–H groups in total. The average Bonchev–Trinajstić information content (AvgIpc) is 3.77. The number of carbonyl (C=O) groups excluding carboxylic acids is 5. The van der Waals surface area contributed by atoms with E-state index in [1.807, 2.05) is 6.07 Å². The first kappa shape index (κ1) is 35.6. The molecular weight excluding hydrogens is 632 g/mol. The summed E-state index contributed by atoms with van der Waals surface area (Å²) in [4.78, 5) is 68.9. The van der Waals surface area contributed by atoms with Crippen molar-refractivity contribution in [2.75, 3.05) is 19.8 Å². The van der Waals surface area contributed by atoms with Crippen LogP contribution in [0.5, 0.6) is 0 Å². The molecule has 49 heavy (non-hydrogen) atoms. The van der Waals surface area contributed by atoms with Gasteiger partial charge in [-0.15, -0.1) is 5.10 Å². The molecule has 2 aliphatic heterocycles. The molecule has 2 aromatic rings. The number of rotatable bonds is 11.